The van der Waals surface area contributed by atoms with Gasteiger partial charge in [-0.2, -0.15) is 16.6 Å². The predicted octanol–water partition coefficient (Wildman–Crippen LogP) is 3.20. The van der Waals surface area contributed by atoms with Crippen molar-refractivity contribution in [3.63, 3.8) is 0 Å². The average molecular weight is 327 g/mol. The number of carbonyl (C=O) groups excluding carboxylic acids is 1. The summed E-state index contributed by atoms with van der Waals surface area (Å²) in [5, 5.41) is 13.0. The van der Waals surface area contributed by atoms with E-state index in [1.807, 2.05) is 17.8 Å². The standard InChI is InChI=1S/C13H15BrN2OS/c1-16(12-4-2-3-9(12)6-15)13(17)5-10-7-18-8-11(10)14/h7-9,12H,2-5H2,1H3. The van der Waals surface area contributed by atoms with E-state index < -0.39 is 0 Å². The Morgan fingerprint density at radius 3 is 3.00 bits per heavy atom. The van der Waals surface area contributed by atoms with E-state index in [9.17, 15) is 4.79 Å². The number of hydrogen-bond acceptors (Lipinski definition) is 3. The second-order valence-electron chi connectivity index (χ2n) is 4.66. The minimum absolute atomic E-state index is 0.00451. The maximum atomic E-state index is 12.2. The first kappa shape index (κ1) is 13.6. The second kappa shape index (κ2) is 5.85. The van der Waals surface area contributed by atoms with Gasteiger partial charge < -0.3 is 4.90 Å². The molecule has 5 heteroatoms. The van der Waals surface area contributed by atoms with Gasteiger partial charge in [0.15, 0.2) is 0 Å². The quantitative estimate of drug-likeness (QED) is 0.856. The highest BCUT2D eigenvalue weighted by Crippen LogP contribution is 2.29. The van der Waals surface area contributed by atoms with Crippen LogP contribution in [0.25, 0.3) is 0 Å². The number of thiophene rings is 1. The number of carbonyl (C=O) groups is 1. The number of nitrogens with zero attached hydrogens (tertiary/aromatic N) is 2. The third kappa shape index (κ3) is 2.76. The van der Waals surface area contributed by atoms with Crippen molar-refractivity contribution in [2.45, 2.75) is 31.7 Å². The van der Waals surface area contributed by atoms with E-state index in [0.29, 0.717) is 6.42 Å². The normalized spacial score (nSPS) is 22.7. The van der Waals surface area contributed by atoms with Crippen LogP contribution in [0.3, 0.4) is 0 Å². The zero-order valence-electron chi connectivity index (χ0n) is 10.2. The number of halogens is 1. The largest absolute Gasteiger partial charge is 0.341 e. The molecule has 1 aromatic heterocycles. The zero-order chi connectivity index (χ0) is 13.1. The molecular formula is C13H15BrN2OS. The molecule has 1 aliphatic rings. The summed E-state index contributed by atoms with van der Waals surface area (Å²) in [4.78, 5) is 14.0. The van der Waals surface area contributed by atoms with Crippen molar-refractivity contribution in [1.82, 2.24) is 4.90 Å². The highest BCUT2D eigenvalue weighted by molar-refractivity contribution is 9.10. The Kier molecular flexibility index (Phi) is 4.41. The van der Waals surface area contributed by atoms with E-state index >= 15 is 0 Å². The molecule has 1 saturated carbocycles. The van der Waals surface area contributed by atoms with Crippen molar-refractivity contribution in [1.29, 1.82) is 5.26 Å². The fraction of sp³-hybridized carbons (Fsp3) is 0.538. The fourth-order valence-electron chi connectivity index (χ4n) is 2.46. The molecule has 0 saturated heterocycles. The lowest BCUT2D eigenvalue weighted by molar-refractivity contribution is -0.131. The van der Waals surface area contributed by atoms with E-state index in [2.05, 4.69) is 22.0 Å². The number of nitriles is 1. The molecule has 0 radical (unpaired) electrons. The Balaban J connectivity index is 2.01. The molecule has 0 spiro atoms. The van der Waals surface area contributed by atoms with Crippen LogP contribution in [0, 0.1) is 17.2 Å². The zero-order valence-corrected chi connectivity index (χ0v) is 12.6. The molecule has 2 rings (SSSR count). The molecule has 2 atom stereocenters. The summed E-state index contributed by atoms with van der Waals surface area (Å²) in [6.07, 6.45) is 3.32. The lowest BCUT2D eigenvalue weighted by Crippen LogP contribution is -2.39. The fourth-order valence-corrected chi connectivity index (χ4v) is 3.90. The molecule has 0 bridgehead atoms. The molecule has 1 amide bonds. The van der Waals surface area contributed by atoms with E-state index in [1.54, 1.807) is 16.2 Å². The smallest absolute Gasteiger partial charge is 0.227 e. The third-order valence-corrected chi connectivity index (χ3v) is 5.40. The summed E-state index contributed by atoms with van der Waals surface area (Å²) in [7, 11) is 1.82. The molecule has 96 valence electrons. The van der Waals surface area contributed by atoms with Gasteiger partial charge in [-0.05, 0) is 46.1 Å². The van der Waals surface area contributed by atoms with Crippen LogP contribution in [0.2, 0.25) is 0 Å². The maximum Gasteiger partial charge on any atom is 0.227 e. The second-order valence-corrected chi connectivity index (χ2v) is 6.26. The maximum absolute atomic E-state index is 12.2. The highest BCUT2D eigenvalue weighted by atomic mass is 79.9. The molecule has 1 aliphatic carbocycles. The number of amides is 1. The Morgan fingerprint density at radius 1 is 1.61 bits per heavy atom. The molecule has 2 unspecified atom stereocenters. The van der Waals surface area contributed by atoms with Crippen LogP contribution in [0.4, 0.5) is 0 Å². The van der Waals surface area contributed by atoms with Crippen molar-refractivity contribution in [2.75, 3.05) is 7.05 Å². The van der Waals surface area contributed by atoms with E-state index in [-0.39, 0.29) is 17.9 Å². The van der Waals surface area contributed by atoms with Crippen molar-refractivity contribution in [3.05, 3.63) is 20.8 Å². The van der Waals surface area contributed by atoms with Gasteiger partial charge in [0, 0.05) is 22.9 Å². The van der Waals surface area contributed by atoms with Gasteiger partial charge in [0.05, 0.1) is 18.4 Å². The minimum Gasteiger partial charge on any atom is -0.341 e. The summed E-state index contributed by atoms with van der Waals surface area (Å²) >= 11 is 5.03. The third-order valence-electron chi connectivity index (χ3n) is 3.57. The summed E-state index contributed by atoms with van der Waals surface area (Å²) < 4.78 is 0.998. The van der Waals surface area contributed by atoms with E-state index in [0.717, 1.165) is 29.3 Å². The van der Waals surface area contributed by atoms with Gasteiger partial charge in [0.1, 0.15) is 0 Å². The predicted molar refractivity (Wildman–Crippen MR) is 75.2 cm³/mol. The number of hydrogen-bond donors (Lipinski definition) is 0. The molecule has 0 aromatic carbocycles. The molecular weight excluding hydrogens is 312 g/mol. The first-order chi connectivity index (χ1) is 8.63. The molecule has 18 heavy (non-hydrogen) atoms. The highest BCUT2D eigenvalue weighted by Gasteiger charge is 2.32. The van der Waals surface area contributed by atoms with Crippen LogP contribution in [0.15, 0.2) is 15.2 Å². The molecule has 1 heterocycles. The first-order valence-corrected chi connectivity index (χ1v) is 7.73. The summed E-state index contributed by atoms with van der Waals surface area (Å²) in [5.41, 5.74) is 1.03. The van der Waals surface area contributed by atoms with Crippen molar-refractivity contribution >= 4 is 33.2 Å². The number of rotatable bonds is 3. The van der Waals surface area contributed by atoms with Crippen LogP contribution in [0.1, 0.15) is 24.8 Å². The van der Waals surface area contributed by atoms with Crippen LogP contribution in [0.5, 0.6) is 0 Å². The Labute approximate surface area is 120 Å². The molecule has 1 fully saturated rings. The lowest BCUT2D eigenvalue weighted by atomic mass is 10.0. The SMILES string of the molecule is CN(C(=O)Cc1cscc1Br)C1CCCC1C#N. The van der Waals surface area contributed by atoms with Crippen LogP contribution in [-0.4, -0.2) is 23.9 Å². The average Bonchev–Trinajstić information content (AvgIpc) is 2.97. The Morgan fingerprint density at radius 2 is 2.39 bits per heavy atom. The van der Waals surface area contributed by atoms with Crippen LogP contribution >= 0.6 is 27.3 Å². The summed E-state index contributed by atoms with van der Waals surface area (Å²) in [5.74, 6) is 0.103. The van der Waals surface area contributed by atoms with Crippen LogP contribution in [-0.2, 0) is 11.2 Å². The molecule has 0 N–H and O–H groups in total. The van der Waals surface area contributed by atoms with E-state index in [1.165, 1.54) is 0 Å². The van der Waals surface area contributed by atoms with Crippen molar-refractivity contribution in [2.24, 2.45) is 5.92 Å². The molecule has 3 nitrogen and oxygen atoms in total. The van der Waals surface area contributed by atoms with Gasteiger partial charge in [0.2, 0.25) is 5.91 Å². The van der Waals surface area contributed by atoms with Crippen molar-refractivity contribution in [3.8, 4) is 6.07 Å². The lowest BCUT2D eigenvalue weighted by Gasteiger charge is -2.26. The Bertz CT molecular complexity index is 480. The Hall–Kier alpha value is -0.860. The van der Waals surface area contributed by atoms with Gasteiger partial charge >= 0.3 is 0 Å². The molecule has 1 aromatic rings. The minimum atomic E-state index is 0.00451. The van der Waals surface area contributed by atoms with Gasteiger partial charge in [0.25, 0.3) is 0 Å². The van der Waals surface area contributed by atoms with Gasteiger partial charge in [-0.3, -0.25) is 4.79 Å². The van der Waals surface area contributed by atoms with Gasteiger partial charge in [-0.1, -0.05) is 0 Å². The monoisotopic (exact) mass is 326 g/mol. The first-order valence-electron chi connectivity index (χ1n) is 5.99. The van der Waals surface area contributed by atoms with E-state index in [4.69, 9.17) is 5.26 Å². The van der Waals surface area contributed by atoms with Gasteiger partial charge in [-0.25, -0.2) is 0 Å². The summed E-state index contributed by atoms with van der Waals surface area (Å²) in [6, 6.07) is 2.42. The van der Waals surface area contributed by atoms with Gasteiger partial charge in [-0.15, -0.1) is 0 Å². The van der Waals surface area contributed by atoms with Crippen molar-refractivity contribution < 1.29 is 4.79 Å². The number of likely N-dealkylation sites (N-methyl/N-ethyl adjacent to an activating group) is 1. The molecule has 0 aliphatic heterocycles. The summed E-state index contributed by atoms with van der Waals surface area (Å²) in [6.45, 7) is 0. The topological polar surface area (TPSA) is 44.1 Å². The van der Waals surface area contributed by atoms with Crippen LogP contribution < -0.4 is 0 Å².